The lowest BCUT2D eigenvalue weighted by atomic mass is 10.1. The molecule has 0 aromatic heterocycles. The SMILES string of the molecule is CC(=O)COc1cc(S(=O)(=O)[O-])cc2cc(C)ccc12. The molecule has 0 radical (unpaired) electrons. The van der Waals surface area contributed by atoms with Gasteiger partial charge in [-0.05, 0) is 31.4 Å². The Morgan fingerprint density at radius 2 is 1.95 bits per heavy atom. The number of rotatable bonds is 4. The van der Waals surface area contributed by atoms with Crippen LogP contribution in [-0.2, 0) is 14.9 Å². The highest BCUT2D eigenvalue weighted by Crippen LogP contribution is 2.30. The minimum Gasteiger partial charge on any atom is -0.744 e. The minimum atomic E-state index is -4.58. The Kier molecular flexibility index (Phi) is 3.78. The second-order valence-electron chi connectivity index (χ2n) is 4.59. The number of carbonyl (C=O) groups is 1. The predicted molar refractivity (Wildman–Crippen MR) is 72.8 cm³/mol. The summed E-state index contributed by atoms with van der Waals surface area (Å²) in [6.07, 6.45) is 0. The molecule has 0 aliphatic carbocycles. The van der Waals surface area contributed by atoms with E-state index < -0.39 is 10.1 Å². The summed E-state index contributed by atoms with van der Waals surface area (Å²) >= 11 is 0. The van der Waals surface area contributed by atoms with Gasteiger partial charge in [0.15, 0.2) is 5.78 Å². The summed E-state index contributed by atoms with van der Waals surface area (Å²) in [6.45, 7) is 3.04. The molecule has 0 heterocycles. The molecule has 0 unspecified atom stereocenters. The third-order valence-electron chi connectivity index (χ3n) is 2.76. The summed E-state index contributed by atoms with van der Waals surface area (Å²) in [7, 11) is -4.58. The molecule has 0 fully saturated rings. The quantitative estimate of drug-likeness (QED) is 0.805. The highest BCUT2D eigenvalue weighted by molar-refractivity contribution is 7.85. The van der Waals surface area contributed by atoms with Crippen LogP contribution in [0.3, 0.4) is 0 Å². The largest absolute Gasteiger partial charge is 0.744 e. The number of ether oxygens (including phenoxy) is 1. The van der Waals surface area contributed by atoms with Gasteiger partial charge in [-0.2, -0.15) is 0 Å². The second kappa shape index (κ2) is 5.22. The zero-order valence-corrected chi connectivity index (χ0v) is 11.9. The van der Waals surface area contributed by atoms with E-state index in [0.29, 0.717) is 10.8 Å². The number of hydrogen-bond acceptors (Lipinski definition) is 5. The van der Waals surface area contributed by atoms with Crippen molar-refractivity contribution in [2.75, 3.05) is 6.61 Å². The van der Waals surface area contributed by atoms with Crippen molar-refractivity contribution in [3.05, 3.63) is 35.9 Å². The van der Waals surface area contributed by atoms with E-state index in [1.165, 1.54) is 13.0 Å². The Labute approximate surface area is 116 Å². The molecule has 0 atom stereocenters. The Balaban J connectivity index is 2.66. The van der Waals surface area contributed by atoms with Crippen LogP contribution in [0.25, 0.3) is 10.8 Å². The molecule has 0 saturated carbocycles. The fraction of sp³-hybridized carbons (Fsp3) is 0.214. The summed E-state index contributed by atoms with van der Waals surface area (Å²) in [5.41, 5.74) is 0.926. The predicted octanol–water partition coefficient (Wildman–Crippen LogP) is 2.02. The molecular formula is C14H13O5S-. The van der Waals surface area contributed by atoms with E-state index in [4.69, 9.17) is 4.74 Å². The zero-order valence-electron chi connectivity index (χ0n) is 11.0. The Bertz CT molecular complexity index is 777. The van der Waals surface area contributed by atoms with Gasteiger partial charge in [-0.3, -0.25) is 4.79 Å². The van der Waals surface area contributed by atoms with Crippen LogP contribution < -0.4 is 4.74 Å². The van der Waals surface area contributed by atoms with Crippen LogP contribution in [0.15, 0.2) is 35.2 Å². The number of aryl methyl sites for hydroxylation is 1. The van der Waals surface area contributed by atoms with Crippen LogP contribution in [0, 0.1) is 6.92 Å². The van der Waals surface area contributed by atoms with Crippen LogP contribution in [0.2, 0.25) is 0 Å². The molecule has 0 bridgehead atoms. The van der Waals surface area contributed by atoms with E-state index in [9.17, 15) is 17.8 Å². The zero-order chi connectivity index (χ0) is 14.9. The van der Waals surface area contributed by atoms with Crippen molar-refractivity contribution in [3.63, 3.8) is 0 Å². The molecule has 0 saturated heterocycles. The molecule has 0 amide bonds. The van der Waals surface area contributed by atoms with Gasteiger partial charge in [-0.15, -0.1) is 0 Å². The third kappa shape index (κ3) is 3.15. The van der Waals surface area contributed by atoms with Gasteiger partial charge in [0.2, 0.25) is 0 Å². The molecule has 0 aliphatic heterocycles. The van der Waals surface area contributed by atoms with Crippen molar-refractivity contribution >= 4 is 26.7 Å². The van der Waals surface area contributed by atoms with E-state index in [2.05, 4.69) is 0 Å². The van der Waals surface area contributed by atoms with Crippen LogP contribution >= 0.6 is 0 Å². The average Bonchev–Trinajstić information content (AvgIpc) is 2.33. The lowest BCUT2D eigenvalue weighted by Crippen LogP contribution is -2.08. The molecule has 0 N–H and O–H groups in total. The average molecular weight is 293 g/mol. The first-order chi connectivity index (χ1) is 9.27. The van der Waals surface area contributed by atoms with E-state index in [1.807, 2.05) is 13.0 Å². The molecule has 5 nitrogen and oxygen atoms in total. The fourth-order valence-electron chi connectivity index (χ4n) is 1.87. The molecule has 20 heavy (non-hydrogen) atoms. The second-order valence-corrected chi connectivity index (χ2v) is 5.97. The Hall–Kier alpha value is -1.92. The maximum absolute atomic E-state index is 11.2. The van der Waals surface area contributed by atoms with Gasteiger partial charge in [-0.1, -0.05) is 23.8 Å². The molecule has 2 aromatic carbocycles. The highest BCUT2D eigenvalue weighted by atomic mass is 32.2. The summed E-state index contributed by atoms with van der Waals surface area (Å²) in [6, 6.07) is 7.83. The number of carbonyl (C=O) groups excluding carboxylic acids is 1. The van der Waals surface area contributed by atoms with Crippen molar-refractivity contribution < 1.29 is 22.5 Å². The van der Waals surface area contributed by atoms with Gasteiger partial charge in [0.05, 0.1) is 4.90 Å². The molecule has 0 aliphatic rings. The van der Waals surface area contributed by atoms with Crippen molar-refractivity contribution in [1.29, 1.82) is 0 Å². The van der Waals surface area contributed by atoms with Crippen molar-refractivity contribution in [2.45, 2.75) is 18.7 Å². The summed E-state index contributed by atoms with van der Waals surface area (Å²) in [5.74, 6) is 0.0211. The molecule has 106 valence electrons. The normalized spacial score (nSPS) is 11.6. The lowest BCUT2D eigenvalue weighted by Gasteiger charge is -2.13. The van der Waals surface area contributed by atoms with Crippen LogP contribution in [0.1, 0.15) is 12.5 Å². The van der Waals surface area contributed by atoms with Crippen molar-refractivity contribution in [1.82, 2.24) is 0 Å². The Morgan fingerprint density at radius 3 is 2.55 bits per heavy atom. The highest BCUT2D eigenvalue weighted by Gasteiger charge is 2.10. The molecule has 2 aromatic rings. The summed E-state index contributed by atoms with van der Waals surface area (Å²) in [5, 5.41) is 1.24. The minimum absolute atomic E-state index is 0.175. The van der Waals surface area contributed by atoms with Crippen LogP contribution in [0.4, 0.5) is 0 Å². The summed E-state index contributed by atoms with van der Waals surface area (Å²) in [4.78, 5) is 10.6. The fourth-order valence-corrected chi connectivity index (χ4v) is 2.39. The number of Topliss-reactive ketones (excluding diaryl/α,β-unsaturated/α-hetero) is 1. The van der Waals surface area contributed by atoms with Crippen molar-refractivity contribution in [2.24, 2.45) is 0 Å². The van der Waals surface area contributed by atoms with E-state index in [-0.39, 0.29) is 23.0 Å². The van der Waals surface area contributed by atoms with E-state index in [0.717, 1.165) is 11.6 Å². The first-order valence-electron chi connectivity index (χ1n) is 5.90. The van der Waals surface area contributed by atoms with Gasteiger partial charge in [0, 0.05) is 5.39 Å². The lowest BCUT2D eigenvalue weighted by molar-refractivity contribution is -0.118. The smallest absolute Gasteiger partial charge is 0.167 e. The number of benzene rings is 2. The Morgan fingerprint density at radius 1 is 1.25 bits per heavy atom. The van der Waals surface area contributed by atoms with Gasteiger partial charge in [-0.25, -0.2) is 8.42 Å². The number of ketones is 1. The maximum atomic E-state index is 11.2. The summed E-state index contributed by atoms with van der Waals surface area (Å²) < 4.78 is 38.8. The van der Waals surface area contributed by atoms with Gasteiger partial charge < -0.3 is 9.29 Å². The topological polar surface area (TPSA) is 83.5 Å². The molecule has 0 spiro atoms. The van der Waals surface area contributed by atoms with Crippen LogP contribution in [-0.4, -0.2) is 25.4 Å². The molecule has 6 heteroatoms. The monoisotopic (exact) mass is 293 g/mol. The number of hydrogen-bond donors (Lipinski definition) is 0. The number of fused-ring (bicyclic) bond motifs is 1. The molecular weight excluding hydrogens is 280 g/mol. The third-order valence-corrected chi connectivity index (χ3v) is 3.58. The van der Waals surface area contributed by atoms with E-state index >= 15 is 0 Å². The maximum Gasteiger partial charge on any atom is 0.167 e. The van der Waals surface area contributed by atoms with Gasteiger partial charge >= 0.3 is 0 Å². The van der Waals surface area contributed by atoms with Crippen molar-refractivity contribution in [3.8, 4) is 5.75 Å². The van der Waals surface area contributed by atoms with Crippen LogP contribution in [0.5, 0.6) is 5.75 Å². The molecule has 2 rings (SSSR count). The standard InChI is InChI=1S/C14H14O5S/c1-9-3-4-13-11(5-9)6-12(20(16,17)18)7-14(13)19-8-10(2)15/h3-7H,8H2,1-2H3,(H,16,17,18)/p-1. The van der Waals surface area contributed by atoms with E-state index in [1.54, 1.807) is 12.1 Å². The van der Waals surface area contributed by atoms with Gasteiger partial charge in [0.1, 0.15) is 22.5 Å². The first kappa shape index (κ1) is 14.5. The first-order valence-corrected chi connectivity index (χ1v) is 7.31. The van der Waals surface area contributed by atoms with Gasteiger partial charge in [0.25, 0.3) is 0 Å².